The summed E-state index contributed by atoms with van der Waals surface area (Å²) in [6.07, 6.45) is 0. The third kappa shape index (κ3) is 3.00. The van der Waals surface area contributed by atoms with Crippen molar-refractivity contribution in [1.82, 2.24) is 0 Å². The molecular weight excluding hydrogens is 282 g/mol. The molecule has 104 valence electrons. The molecule has 0 saturated carbocycles. The number of benzene rings is 2. The largest absolute Gasteiger partial charge is 0.493 e. The predicted molar refractivity (Wildman–Crippen MR) is 75.7 cm³/mol. The van der Waals surface area contributed by atoms with E-state index >= 15 is 0 Å². The second-order valence-electron chi connectivity index (χ2n) is 3.94. The predicted octanol–water partition coefficient (Wildman–Crippen LogP) is 4.13. The van der Waals surface area contributed by atoms with Gasteiger partial charge in [0.1, 0.15) is 5.75 Å². The number of hydrogen-bond acceptors (Lipinski definition) is 4. The maximum absolute atomic E-state index is 10.7. The van der Waals surface area contributed by atoms with Crippen LogP contribution >= 0.6 is 11.6 Å². The van der Waals surface area contributed by atoms with E-state index in [1.165, 1.54) is 25.3 Å². The Hall–Kier alpha value is -2.27. The van der Waals surface area contributed by atoms with Crippen molar-refractivity contribution in [2.24, 2.45) is 0 Å². The number of nitro benzene ring substituents is 1. The van der Waals surface area contributed by atoms with Crippen LogP contribution in [0.2, 0.25) is 0 Å². The van der Waals surface area contributed by atoms with Crippen LogP contribution in [0.3, 0.4) is 0 Å². The number of halogens is 1. The minimum absolute atomic E-state index is 0.0557. The number of rotatable bonds is 5. The second-order valence-corrected chi connectivity index (χ2v) is 4.20. The Morgan fingerprint density at radius 3 is 2.55 bits per heavy atom. The van der Waals surface area contributed by atoms with Gasteiger partial charge in [-0.15, -0.1) is 11.6 Å². The molecule has 0 atom stereocenters. The SMILES string of the molecule is COc1cc([N+](=O)[O-])ccc1Oc1ccccc1CCl. The van der Waals surface area contributed by atoms with Gasteiger partial charge in [0.15, 0.2) is 11.5 Å². The van der Waals surface area contributed by atoms with Crippen LogP contribution in [0.25, 0.3) is 0 Å². The Morgan fingerprint density at radius 2 is 1.90 bits per heavy atom. The van der Waals surface area contributed by atoms with Crippen molar-refractivity contribution in [3.05, 3.63) is 58.1 Å². The van der Waals surface area contributed by atoms with Gasteiger partial charge in [-0.25, -0.2) is 0 Å². The molecule has 0 aromatic heterocycles. The van der Waals surface area contributed by atoms with Crippen LogP contribution in [0, 0.1) is 10.1 Å². The Labute approximate surface area is 120 Å². The fourth-order valence-corrected chi connectivity index (χ4v) is 1.91. The van der Waals surface area contributed by atoms with Gasteiger partial charge in [-0.3, -0.25) is 10.1 Å². The quantitative estimate of drug-likeness (QED) is 0.472. The molecule has 2 aromatic rings. The number of hydrogen-bond donors (Lipinski definition) is 0. The third-order valence-electron chi connectivity index (χ3n) is 2.69. The highest BCUT2D eigenvalue weighted by Crippen LogP contribution is 2.35. The number of methoxy groups -OCH3 is 1. The molecule has 0 unspecified atom stereocenters. The Bertz CT molecular complexity index is 630. The topological polar surface area (TPSA) is 61.6 Å². The van der Waals surface area contributed by atoms with Crippen molar-refractivity contribution in [2.45, 2.75) is 5.88 Å². The van der Waals surface area contributed by atoms with Crippen molar-refractivity contribution in [1.29, 1.82) is 0 Å². The Morgan fingerprint density at radius 1 is 1.15 bits per heavy atom. The van der Waals surface area contributed by atoms with Crippen LogP contribution in [0.5, 0.6) is 17.2 Å². The Balaban J connectivity index is 2.36. The highest BCUT2D eigenvalue weighted by atomic mass is 35.5. The van der Waals surface area contributed by atoms with Crippen molar-refractivity contribution >= 4 is 17.3 Å². The molecule has 6 heteroatoms. The first-order chi connectivity index (χ1) is 9.65. The number of nitrogens with zero attached hydrogens (tertiary/aromatic N) is 1. The van der Waals surface area contributed by atoms with Gasteiger partial charge in [-0.2, -0.15) is 0 Å². The smallest absolute Gasteiger partial charge is 0.273 e. The molecule has 0 radical (unpaired) electrons. The lowest BCUT2D eigenvalue weighted by Gasteiger charge is -2.12. The van der Waals surface area contributed by atoms with E-state index in [2.05, 4.69) is 0 Å². The summed E-state index contributed by atoms with van der Waals surface area (Å²) in [5.41, 5.74) is 0.773. The van der Waals surface area contributed by atoms with E-state index in [-0.39, 0.29) is 5.69 Å². The maximum Gasteiger partial charge on any atom is 0.273 e. The lowest BCUT2D eigenvalue weighted by molar-refractivity contribution is -0.384. The standard InChI is InChI=1S/C14H12ClNO4/c1-19-14-8-11(16(17)18)6-7-13(14)20-12-5-3-2-4-10(12)9-15/h2-8H,9H2,1H3. The molecule has 0 N–H and O–H groups in total. The van der Waals surface area contributed by atoms with E-state index in [4.69, 9.17) is 21.1 Å². The molecule has 0 spiro atoms. The molecule has 0 bridgehead atoms. The monoisotopic (exact) mass is 293 g/mol. The first kappa shape index (κ1) is 14.1. The van der Waals surface area contributed by atoms with E-state index in [0.717, 1.165) is 5.56 Å². The molecule has 0 fully saturated rings. The lowest BCUT2D eigenvalue weighted by Crippen LogP contribution is -1.95. The molecule has 0 saturated heterocycles. The van der Waals surface area contributed by atoms with Crippen molar-refractivity contribution in [3.8, 4) is 17.2 Å². The van der Waals surface area contributed by atoms with Gasteiger partial charge in [-0.1, -0.05) is 18.2 Å². The number of para-hydroxylation sites is 1. The zero-order chi connectivity index (χ0) is 14.5. The second kappa shape index (κ2) is 6.25. The summed E-state index contributed by atoms with van der Waals surface area (Å²) in [6.45, 7) is 0. The van der Waals surface area contributed by atoms with E-state index in [1.807, 2.05) is 18.2 Å². The van der Waals surface area contributed by atoms with Gasteiger partial charge >= 0.3 is 0 Å². The van der Waals surface area contributed by atoms with E-state index in [0.29, 0.717) is 23.1 Å². The molecule has 20 heavy (non-hydrogen) atoms. The first-order valence-corrected chi connectivity index (χ1v) is 6.33. The summed E-state index contributed by atoms with van der Waals surface area (Å²) in [5, 5.41) is 10.7. The van der Waals surface area contributed by atoms with Crippen molar-refractivity contribution < 1.29 is 14.4 Å². The van der Waals surface area contributed by atoms with Crippen LogP contribution < -0.4 is 9.47 Å². The first-order valence-electron chi connectivity index (χ1n) is 5.80. The molecule has 0 aliphatic rings. The third-order valence-corrected chi connectivity index (χ3v) is 2.98. The molecular formula is C14H12ClNO4. The molecule has 0 aliphatic heterocycles. The zero-order valence-corrected chi connectivity index (χ0v) is 11.5. The molecule has 0 aliphatic carbocycles. The van der Waals surface area contributed by atoms with Gasteiger partial charge in [-0.05, 0) is 12.1 Å². The average Bonchev–Trinajstić information content (AvgIpc) is 2.48. The van der Waals surface area contributed by atoms with Crippen molar-refractivity contribution in [3.63, 3.8) is 0 Å². The summed E-state index contributed by atoms with van der Waals surface area (Å²) in [7, 11) is 1.43. The molecule has 2 rings (SSSR count). The van der Waals surface area contributed by atoms with Gasteiger partial charge in [0.2, 0.25) is 0 Å². The number of nitro groups is 1. The van der Waals surface area contributed by atoms with Crippen LogP contribution in [0.15, 0.2) is 42.5 Å². The highest BCUT2D eigenvalue weighted by Gasteiger charge is 2.14. The summed E-state index contributed by atoms with van der Waals surface area (Å²) >= 11 is 5.84. The average molecular weight is 294 g/mol. The summed E-state index contributed by atoms with van der Waals surface area (Å²) in [6, 6.07) is 11.5. The highest BCUT2D eigenvalue weighted by molar-refractivity contribution is 6.17. The van der Waals surface area contributed by atoms with Crippen LogP contribution in [0.1, 0.15) is 5.56 Å². The fraction of sp³-hybridized carbons (Fsp3) is 0.143. The van der Waals surface area contributed by atoms with Gasteiger partial charge in [0, 0.05) is 11.6 Å². The zero-order valence-electron chi connectivity index (χ0n) is 10.7. The Kier molecular flexibility index (Phi) is 4.42. The number of non-ortho nitro benzene ring substituents is 1. The molecule has 5 nitrogen and oxygen atoms in total. The molecule has 2 aromatic carbocycles. The van der Waals surface area contributed by atoms with Gasteiger partial charge in [0.25, 0.3) is 5.69 Å². The summed E-state index contributed by atoms with van der Waals surface area (Å²) < 4.78 is 10.8. The van der Waals surface area contributed by atoms with Gasteiger partial charge in [0.05, 0.1) is 24.0 Å². The van der Waals surface area contributed by atoms with Crippen LogP contribution in [-0.2, 0) is 5.88 Å². The normalized spacial score (nSPS) is 10.1. The van der Waals surface area contributed by atoms with Crippen LogP contribution in [-0.4, -0.2) is 12.0 Å². The summed E-state index contributed by atoms with van der Waals surface area (Å²) in [4.78, 5) is 10.2. The minimum atomic E-state index is -0.487. The fourth-order valence-electron chi connectivity index (χ4n) is 1.69. The van der Waals surface area contributed by atoms with E-state index in [1.54, 1.807) is 6.07 Å². The molecule has 0 amide bonds. The maximum atomic E-state index is 10.7. The van der Waals surface area contributed by atoms with Crippen molar-refractivity contribution in [2.75, 3.05) is 7.11 Å². The number of alkyl halides is 1. The van der Waals surface area contributed by atoms with Crippen LogP contribution in [0.4, 0.5) is 5.69 Å². The van der Waals surface area contributed by atoms with Gasteiger partial charge < -0.3 is 9.47 Å². The molecule has 0 heterocycles. The lowest BCUT2D eigenvalue weighted by atomic mass is 10.2. The number of ether oxygens (including phenoxy) is 2. The minimum Gasteiger partial charge on any atom is -0.493 e. The van der Waals surface area contributed by atoms with E-state index in [9.17, 15) is 10.1 Å². The van der Waals surface area contributed by atoms with E-state index < -0.39 is 4.92 Å². The summed E-state index contributed by atoms with van der Waals surface area (Å²) in [5.74, 6) is 1.60.